The molecule has 3 rings (SSSR count). The summed E-state index contributed by atoms with van der Waals surface area (Å²) in [5.41, 5.74) is 0.797. The van der Waals surface area contributed by atoms with E-state index in [0.29, 0.717) is 6.42 Å². The summed E-state index contributed by atoms with van der Waals surface area (Å²) in [5, 5.41) is 10.3. The van der Waals surface area contributed by atoms with E-state index in [1.54, 1.807) is 18.4 Å². The molecular weight excluding hydrogens is 328 g/mol. The molecule has 3 nitrogen and oxygen atoms in total. The molecule has 1 aliphatic rings. The van der Waals surface area contributed by atoms with E-state index in [4.69, 9.17) is 9.47 Å². The molecular formula is C14H13BrO3S. The van der Waals surface area contributed by atoms with Gasteiger partial charge in [0.2, 0.25) is 0 Å². The Morgan fingerprint density at radius 3 is 2.89 bits per heavy atom. The third-order valence-electron chi connectivity index (χ3n) is 3.19. The van der Waals surface area contributed by atoms with Crippen LogP contribution in [0.3, 0.4) is 0 Å². The normalized spacial score (nSPS) is 21.6. The van der Waals surface area contributed by atoms with Gasteiger partial charge in [0.1, 0.15) is 17.6 Å². The zero-order chi connectivity index (χ0) is 13.4. The van der Waals surface area contributed by atoms with Crippen molar-refractivity contribution < 1.29 is 14.6 Å². The van der Waals surface area contributed by atoms with Gasteiger partial charge in [-0.1, -0.05) is 0 Å². The maximum absolute atomic E-state index is 10.3. The van der Waals surface area contributed by atoms with Crippen molar-refractivity contribution in [3.05, 3.63) is 44.6 Å². The molecule has 2 aromatic rings. The molecule has 2 unspecified atom stereocenters. The molecule has 0 amide bonds. The summed E-state index contributed by atoms with van der Waals surface area (Å²) in [7, 11) is 1.61. The minimum atomic E-state index is -0.523. The number of hydrogen-bond donors (Lipinski definition) is 1. The largest absolute Gasteiger partial charge is 0.497 e. The zero-order valence-corrected chi connectivity index (χ0v) is 12.7. The van der Waals surface area contributed by atoms with Gasteiger partial charge in [-0.15, -0.1) is 11.3 Å². The highest BCUT2D eigenvalue weighted by molar-refractivity contribution is 9.11. The number of methoxy groups -OCH3 is 1. The monoisotopic (exact) mass is 340 g/mol. The molecule has 0 fully saturated rings. The van der Waals surface area contributed by atoms with Crippen LogP contribution in [0.1, 0.15) is 29.1 Å². The first-order valence-corrected chi connectivity index (χ1v) is 7.56. The van der Waals surface area contributed by atoms with Crippen LogP contribution >= 0.6 is 27.3 Å². The second-order valence-corrected chi connectivity index (χ2v) is 6.90. The zero-order valence-electron chi connectivity index (χ0n) is 10.3. The number of ether oxygens (including phenoxy) is 2. The molecule has 5 heteroatoms. The lowest BCUT2D eigenvalue weighted by molar-refractivity contribution is 0.0671. The molecule has 1 aliphatic heterocycles. The van der Waals surface area contributed by atoms with Crippen molar-refractivity contribution in [3.8, 4) is 11.5 Å². The van der Waals surface area contributed by atoms with Gasteiger partial charge >= 0.3 is 0 Å². The maximum Gasteiger partial charge on any atom is 0.136 e. The smallest absolute Gasteiger partial charge is 0.136 e. The Kier molecular flexibility index (Phi) is 3.52. The molecule has 0 radical (unpaired) electrons. The minimum absolute atomic E-state index is 0.0906. The number of aliphatic hydroxyl groups excluding tert-OH is 1. The Balaban J connectivity index is 1.92. The Morgan fingerprint density at radius 2 is 2.21 bits per heavy atom. The molecule has 100 valence electrons. The predicted molar refractivity (Wildman–Crippen MR) is 78.0 cm³/mol. The molecule has 0 saturated heterocycles. The Morgan fingerprint density at radius 1 is 1.37 bits per heavy atom. The molecule has 2 heterocycles. The van der Waals surface area contributed by atoms with Gasteiger partial charge in [0.05, 0.1) is 17.0 Å². The van der Waals surface area contributed by atoms with Crippen molar-refractivity contribution in [1.29, 1.82) is 0 Å². The first-order chi connectivity index (χ1) is 9.17. The third-order valence-corrected chi connectivity index (χ3v) is 4.91. The van der Waals surface area contributed by atoms with Gasteiger partial charge in [-0.3, -0.25) is 0 Å². The number of hydrogen-bond acceptors (Lipinski definition) is 4. The van der Waals surface area contributed by atoms with Gasteiger partial charge in [-0.2, -0.15) is 0 Å². The lowest BCUT2D eigenvalue weighted by Crippen LogP contribution is -2.18. The van der Waals surface area contributed by atoms with E-state index < -0.39 is 6.10 Å². The molecule has 0 bridgehead atoms. The van der Waals surface area contributed by atoms with Crippen LogP contribution in [0.5, 0.6) is 11.5 Å². The van der Waals surface area contributed by atoms with E-state index in [1.165, 1.54) is 0 Å². The van der Waals surface area contributed by atoms with E-state index in [9.17, 15) is 5.11 Å². The number of aliphatic hydroxyl groups is 1. The van der Waals surface area contributed by atoms with E-state index in [-0.39, 0.29) is 6.10 Å². The van der Waals surface area contributed by atoms with Crippen LogP contribution in [0.15, 0.2) is 34.1 Å². The van der Waals surface area contributed by atoms with Crippen LogP contribution in [-0.4, -0.2) is 12.2 Å². The van der Waals surface area contributed by atoms with E-state index in [1.807, 2.05) is 30.3 Å². The van der Waals surface area contributed by atoms with Crippen molar-refractivity contribution >= 4 is 27.3 Å². The Hall–Kier alpha value is -1.04. The first kappa shape index (κ1) is 13.0. The maximum atomic E-state index is 10.3. The average molecular weight is 341 g/mol. The lowest BCUT2D eigenvalue weighted by Gasteiger charge is -2.29. The number of thiophene rings is 1. The Labute approximate surface area is 123 Å². The van der Waals surface area contributed by atoms with Gasteiger partial charge in [-0.25, -0.2) is 0 Å². The average Bonchev–Trinajstić information content (AvgIpc) is 2.85. The summed E-state index contributed by atoms with van der Waals surface area (Å²) >= 11 is 5.08. The van der Waals surface area contributed by atoms with Gasteiger partial charge in [0.15, 0.2) is 0 Å². The molecule has 0 spiro atoms. The summed E-state index contributed by atoms with van der Waals surface area (Å²) in [6.07, 6.45) is -0.0513. The second-order valence-electron chi connectivity index (χ2n) is 4.40. The predicted octanol–water partition coefficient (Wildman–Crippen LogP) is 4.08. The topological polar surface area (TPSA) is 38.7 Å². The molecule has 19 heavy (non-hydrogen) atoms. The summed E-state index contributed by atoms with van der Waals surface area (Å²) < 4.78 is 12.2. The fourth-order valence-electron chi connectivity index (χ4n) is 2.23. The van der Waals surface area contributed by atoms with Gasteiger partial charge in [0.25, 0.3) is 0 Å². The number of halogens is 1. The van der Waals surface area contributed by atoms with E-state index >= 15 is 0 Å². The minimum Gasteiger partial charge on any atom is -0.497 e. The van der Waals surface area contributed by atoms with Gasteiger partial charge < -0.3 is 14.6 Å². The van der Waals surface area contributed by atoms with Crippen LogP contribution < -0.4 is 9.47 Å². The quantitative estimate of drug-likeness (QED) is 0.895. The molecule has 1 aromatic carbocycles. The summed E-state index contributed by atoms with van der Waals surface area (Å²) in [5.74, 6) is 1.47. The van der Waals surface area contributed by atoms with Crippen molar-refractivity contribution in [3.63, 3.8) is 0 Å². The summed E-state index contributed by atoms with van der Waals surface area (Å²) in [6.45, 7) is 0. The number of fused-ring (bicyclic) bond motifs is 1. The molecule has 2 atom stereocenters. The number of rotatable bonds is 2. The fourth-order valence-corrected chi connectivity index (χ4v) is 3.69. The molecule has 1 N–H and O–H groups in total. The highest BCUT2D eigenvalue weighted by atomic mass is 79.9. The van der Waals surface area contributed by atoms with E-state index in [2.05, 4.69) is 15.9 Å². The number of benzene rings is 1. The van der Waals surface area contributed by atoms with Crippen molar-refractivity contribution in [2.24, 2.45) is 0 Å². The Bertz CT molecular complexity index is 596. The van der Waals surface area contributed by atoms with Crippen LogP contribution in [0.4, 0.5) is 0 Å². The molecule has 0 aliphatic carbocycles. The fraction of sp³-hybridized carbons (Fsp3) is 0.286. The van der Waals surface area contributed by atoms with Crippen LogP contribution in [0.2, 0.25) is 0 Å². The lowest BCUT2D eigenvalue weighted by atomic mass is 9.98. The summed E-state index contributed by atoms with van der Waals surface area (Å²) in [4.78, 5) is 1.12. The van der Waals surface area contributed by atoms with Crippen molar-refractivity contribution in [1.82, 2.24) is 0 Å². The highest BCUT2D eigenvalue weighted by Gasteiger charge is 2.29. The van der Waals surface area contributed by atoms with E-state index in [0.717, 1.165) is 25.7 Å². The van der Waals surface area contributed by atoms with Crippen molar-refractivity contribution in [2.75, 3.05) is 7.11 Å². The van der Waals surface area contributed by atoms with Crippen molar-refractivity contribution in [2.45, 2.75) is 18.6 Å². The van der Waals surface area contributed by atoms with Gasteiger partial charge in [0, 0.05) is 16.9 Å². The van der Waals surface area contributed by atoms with Gasteiger partial charge in [-0.05, 0) is 46.3 Å². The van der Waals surface area contributed by atoms with Crippen LogP contribution in [0, 0.1) is 0 Å². The first-order valence-electron chi connectivity index (χ1n) is 5.95. The van der Waals surface area contributed by atoms with Crippen LogP contribution in [0.25, 0.3) is 0 Å². The SMILES string of the molecule is COc1ccc2c(c1)C(O)CC(c1ccc(Br)s1)O2. The molecule has 0 saturated carbocycles. The highest BCUT2D eigenvalue weighted by Crippen LogP contribution is 2.44. The third kappa shape index (κ3) is 2.50. The molecule has 1 aromatic heterocycles. The van der Waals surface area contributed by atoms with Crippen LogP contribution in [-0.2, 0) is 0 Å². The standard InChI is InChI=1S/C14H13BrO3S/c1-17-8-2-3-11-9(6-8)10(16)7-12(18-11)13-4-5-14(15)19-13/h2-6,10,12,16H,7H2,1H3. The summed E-state index contributed by atoms with van der Waals surface area (Å²) in [6, 6.07) is 9.56. The second kappa shape index (κ2) is 5.15.